The number of benzene rings is 8. The van der Waals surface area contributed by atoms with Crippen LogP contribution in [0.2, 0.25) is 39.3 Å². The largest absolute Gasteiger partial charge is 0.505 e. The van der Waals surface area contributed by atoms with E-state index in [-0.39, 0.29) is 46.4 Å². The van der Waals surface area contributed by atoms with Gasteiger partial charge in [0.2, 0.25) is 0 Å². The predicted molar refractivity (Wildman–Crippen MR) is 370 cm³/mol. The molecule has 0 bridgehead atoms. The SMILES string of the molecule is Cc1ccc2c3ccc([Si](C)(C)C)cc3n(-c3cc(C(C)(C)CC(C)(C)C)cc(-c4cc(F)cc(C)c4OCCCOc4c(C)cc(F)cc4-c4cc(C(C)(C)CC(C)(C)C)cc(-n5c6cc(C)ccc6c6ccc([Si](C)(C)C)cc65)c4O)c3O)c2c1. The van der Waals surface area contributed by atoms with Crippen molar-refractivity contribution in [2.75, 3.05) is 13.2 Å². The smallest absolute Gasteiger partial charge is 0.147 e. The van der Waals surface area contributed by atoms with Crippen molar-refractivity contribution in [3.8, 4) is 56.6 Å². The molecule has 2 aromatic heterocycles. The lowest BCUT2D eigenvalue weighted by Crippen LogP contribution is -2.37. The van der Waals surface area contributed by atoms with Gasteiger partial charge in [0.15, 0.2) is 0 Å². The van der Waals surface area contributed by atoms with Gasteiger partial charge in [0.05, 0.1) is 62.8 Å². The monoisotopic (exact) mass is 1200 g/mol. The minimum atomic E-state index is -1.78. The van der Waals surface area contributed by atoms with Gasteiger partial charge < -0.3 is 28.8 Å². The van der Waals surface area contributed by atoms with E-state index >= 15 is 8.78 Å². The van der Waals surface area contributed by atoms with E-state index in [0.29, 0.717) is 62.7 Å². The van der Waals surface area contributed by atoms with Gasteiger partial charge in [0, 0.05) is 50.2 Å². The van der Waals surface area contributed by atoms with Crippen molar-refractivity contribution in [1.82, 2.24) is 9.13 Å². The average Bonchev–Trinajstić information content (AvgIpc) is 1.68. The molecule has 0 aliphatic rings. The molecule has 10 rings (SSSR count). The van der Waals surface area contributed by atoms with Gasteiger partial charge in [-0.05, 0) is 168 Å². The number of rotatable bonds is 16. The fourth-order valence-electron chi connectivity index (χ4n) is 14.0. The van der Waals surface area contributed by atoms with Crippen molar-refractivity contribution in [3.05, 3.63) is 166 Å². The van der Waals surface area contributed by atoms with Crippen LogP contribution in [0.4, 0.5) is 8.78 Å². The summed E-state index contributed by atoms with van der Waals surface area (Å²) in [5, 5.41) is 33.1. The van der Waals surface area contributed by atoms with Gasteiger partial charge in [0.1, 0.15) is 34.6 Å². The normalized spacial score (nSPS) is 13.0. The number of aromatic hydroxyl groups is 2. The lowest BCUT2D eigenvalue weighted by atomic mass is 9.71. The van der Waals surface area contributed by atoms with Crippen LogP contribution in [-0.4, -0.2) is 48.7 Å². The zero-order valence-corrected chi connectivity index (χ0v) is 57.4. The molecule has 2 heterocycles. The van der Waals surface area contributed by atoms with Crippen molar-refractivity contribution >= 4 is 70.1 Å². The first-order valence-corrected chi connectivity index (χ1v) is 38.1. The van der Waals surface area contributed by atoms with E-state index in [1.807, 2.05) is 26.0 Å². The van der Waals surface area contributed by atoms with Crippen molar-refractivity contribution in [2.24, 2.45) is 10.8 Å². The number of aryl methyl sites for hydroxylation is 4. The number of fused-ring (bicyclic) bond motifs is 6. The van der Waals surface area contributed by atoms with Crippen molar-refractivity contribution in [2.45, 2.75) is 166 Å². The number of halogens is 2. The van der Waals surface area contributed by atoms with Crippen LogP contribution in [0.5, 0.6) is 23.0 Å². The summed E-state index contributed by atoms with van der Waals surface area (Å²) in [5.74, 6) is 0.113. The third-order valence-corrected chi connectivity index (χ3v) is 21.7. The van der Waals surface area contributed by atoms with E-state index in [0.717, 1.165) is 78.7 Å². The second-order valence-corrected chi connectivity index (χ2v) is 41.1. The summed E-state index contributed by atoms with van der Waals surface area (Å²) in [6.45, 7) is 44.9. The van der Waals surface area contributed by atoms with Crippen LogP contribution in [0.25, 0.3) is 77.2 Å². The molecule has 0 unspecified atom stereocenters. The van der Waals surface area contributed by atoms with E-state index in [2.05, 4.69) is 216 Å². The third-order valence-electron chi connectivity index (χ3n) is 17.6. The number of phenols is 2. The third kappa shape index (κ3) is 12.5. The summed E-state index contributed by atoms with van der Waals surface area (Å²) in [5.41, 5.74) is 11.7. The molecule has 2 N–H and O–H groups in total. The molecule has 10 aromatic rings. The van der Waals surface area contributed by atoms with E-state index in [1.165, 1.54) is 34.6 Å². The molecule has 0 saturated heterocycles. The molecular weight excluding hydrogens is 1110 g/mol. The number of ether oxygens (including phenoxy) is 2. The van der Waals surface area contributed by atoms with Gasteiger partial charge in [-0.25, -0.2) is 8.78 Å². The van der Waals surface area contributed by atoms with Crippen LogP contribution in [0.1, 0.15) is 122 Å². The Hall–Kier alpha value is -7.15. The quantitative estimate of drug-likeness (QED) is 0.0747. The van der Waals surface area contributed by atoms with Crippen molar-refractivity contribution in [3.63, 3.8) is 0 Å². The molecule has 10 heteroatoms. The molecule has 0 fully saturated rings. The van der Waals surface area contributed by atoms with Gasteiger partial charge in [0.25, 0.3) is 0 Å². The van der Waals surface area contributed by atoms with Gasteiger partial charge in [-0.3, -0.25) is 0 Å². The maximum atomic E-state index is 16.2. The molecule has 0 spiro atoms. The van der Waals surface area contributed by atoms with Gasteiger partial charge in [-0.2, -0.15) is 0 Å². The van der Waals surface area contributed by atoms with Crippen molar-refractivity contribution < 1.29 is 28.5 Å². The van der Waals surface area contributed by atoms with Gasteiger partial charge in [-0.15, -0.1) is 0 Å². The number of hydrogen-bond donors (Lipinski definition) is 2. The first-order valence-electron chi connectivity index (χ1n) is 31.1. The van der Waals surface area contributed by atoms with Crippen LogP contribution in [0, 0.1) is 50.2 Å². The van der Waals surface area contributed by atoms with Crippen LogP contribution >= 0.6 is 0 Å². The Kier molecular flexibility index (Phi) is 16.2. The standard InChI is InChI=1S/C77H92F2N2O4Si2/c1-46-22-26-56-58-28-24-54(86(15,16)17)42-66(58)80(64(56)32-46)68-38-50(76(11,12)44-74(5,6)7)36-60(70(68)82)62-40-52(78)34-48(3)72(62)84-30-21-31-85-73-49(4)35-53(79)41-63(73)61-37-51(77(13,14)45-75(8,9)10)39-69(71(61)83)81-65-33-47(2)23-27-57(65)59-29-25-55(43-67(59)81)87(18,19)20/h22-29,32-43,82-83H,21,30-31,44-45H2,1-20H3. The summed E-state index contributed by atoms with van der Waals surface area (Å²) < 4.78 is 50.3. The van der Waals surface area contributed by atoms with E-state index in [1.54, 1.807) is 0 Å². The van der Waals surface area contributed by atoms with E-state index in [9.17, 15) is 10.2 Å². The summed E-state index contributed by atoms with van der Waals surface area (Å²) >= 11 is 0. The Labute approximate surface area is 518 Å². The van der Waals surface area contributed by atoms with Crippen LogP contribution in [0.15, 0.2) is 121 Å². The summed E-state index contributed by atoms with van der Waals surface area (Å²) in [6.07, 6.45) is 2.09. The first kappa shape index (κ1) is 62.9. The topological polar surface area (TPSA) is 68.8 Å². The fourth-order valence-corrected chi connectivity index (χ4v) is 16.3. The van der Waals surface area contributed by atoms with Crippen molar-refractivity contribution in [1.29, 1.82) is 0 Å². The lowest BCUT2D eigenvalue weighted by Gasteiger charge is -2.34. The van der Waals surface area contributed by atoms with Crippen LogP contribution in [0.3, 0.4) is 0 Å². The molecule has 0 amide bonds. The molecule has 0 radical (unpaired) electrons. The highest BCUT2D eigenvalue weighted by Gasteiger charge is 2.34. The Balaban J connectivity index is 1.05. The number of nitrogens with zero attached hydrogens (tertiary/aromatic N) is 2. The zero-order valence-electron chi connectivity index (χ0n) is 55.4. The zero-order chi connectivity index (χ0) is 63.4. The highest BCUT2D eigenvalue weighted by atomic mass is 28.3. The molecule has 87 heavy (non-hydrogen) atoms. The average molecular weight is 1200 g/mol. The summed E-state index contributed by atoms with van der Waals surface area (Å²) in [6, 6.07) is 40.9. The Morgan fingerprint density at radius 2 is 0.747 bits per heavy atom. The Morgan fingerprint density at radius 1 is 0.414 bits per heavy atom. The number of aromatic nitrogens is 2. The highest BCUT2D eigenvalue weighted by Crippen LogP contribution is 2.50. The maximum Gasteiger partial charge on any atom is 0.147 e. The van der Waals surface area contributed by atoms with Gasteiger partial charge >= 0.3 is 0 Å². The number of phenolic OH excluding ortho intramolecular Hbond substituents is 2. The van der Waals surface area contributed by atoms with E-state index in [4.69, 9.17) is 9.47 Å². The molecule has 0 atom stereocenters. The first-order chi connectivity index (χ1) is 40.4. The summed E-state index contributed by atoms with van der Waals surface area (Å²) in [7, 11) is -3.56. The lowest BCUT2D eigenvalue weighted by molar-refractivity contribution is 0.246. The van der Waals surface area contributed by atoms with Crippen LogP contribution < -0.4 is 19.8 Å². The molecule has 0 saturated carbocycles. The van der Waals surface area contributed by atoms with E-state index < -0.39 is 27.8 Å². The number of hydrogen-bond acceptors (Lipinski definition) is 4. The second kappa shape index (κ2) is 22.5. The Morgan fingerprint density at radius 3 is 1.08 bits per heavy atom. The minimum absolute atomic E-state index is 0.0299. The Bertz CT molecular complexity index is 4070. The molecule has 0 aliphatic heterocycles. The maximum absolute atomic E-state index is 16.2. The second-order valence-electron chi connectivity index (χ2n) is 31.0. The molecule has 456 valence electrons. The van der Waals surface area contributed by atoms with Crippen LogP contribution in [-0.2, 0) is 10.8 Å². The predicted octanol–water partition coefficient (Wildman–Crippen LogP) is 20.5. The summed E-state index contributed by atoms with van der Waals surface area (Å²) in [4.78, 5) is 0. The molecule has 8 aromatic carbocycles. The molecule has 6 nitrogen and oxygen atoms in total. The molecule has 0 aliphatic carbocycles. The van der Waals surface area contributed by atoms with Gasteiger partial charge in [-0.1, -0.05) is 167 Å². The minimum Gasteiger partial charge on any atom is -0.505 e. The fraction of sp³-hybridized carbons (Fsp3) is 0.377. The highest BCUT2D eigenvalue weighted by molar-refractivity contribution is 6.89. The molecular formula is C77H92F2N2O4Si2.